The molecular weight excluding hydrogens is 720 g/mol. The normalized spacial score (nSPS) is 20.8. The van der Waals surface area contributed by atoms with Crippen molar-refractivity contribution in [2.75, 3.05) is 19.8 Å². The zero-order valence-corrected chi connectivity index (χ0v) is 30.7. The fourth-order valence-electron chi connectivity index (χ4n) is 7.83. The molecule has 1 aromatic heterocycles. The molecule has 1 aliphatic carbocycles. The number of aliphatic imine (C=N–C) groups is 1. The van der Waals surface area contributed by atoms with Crippen molar-refractivity contribution in [2.24, 2.45) is 16.6 Å². The summed E-state index contributed by atoms with van der Waals surface area (Å²) in [5.74, 6) is -4.27. The van der Waals surface area contributed by atoms with Gasteiger partial charge in [0.15, 0.2) is 0 Å². The van der Waals surface area contributed by atoms with Gasteiger partial charge in [-0.3, -0.25) is 24.0 Å². The second-order valence-corrected chi connectivity index (χ2v) is 15.0. The van der Waals surface area contributed by atoms with E-state index in [1.54, 1.807) is 26.0 Å². The SMILES string of the molecule is CC(C)(O)c1cnnn1[C@H]1C[C@@H](C(=O)NC2(C(=O)C(N)=O)CCOCC2)N(C(=O)C(CC2CCCCC2)=NC(=O)c2ccc3cc(OC(F)F)ccc3c2)C1. The monoisotopic (exact) mass is 765 g/mol. The van der Waals surface area contributed by atoms with Crippen LogP contribution in [0.25, 0.3) is 10.8 Å². The molecule has 15 nitrogen and oxygen atoms in total. The van der Waals surface area contributed by atoms with Gasteiger partial charge in [0.05, 0.1) is 17.9 Å². The molecule has 55 heavy (non-hydrogen) atoms. The highest BCUT2D eigenvalue weighted by Crippen LogP contribution is 2.34. The van der Waals surface area contributed by atoms with Gasteiger partial charge in [0.25, 0.3) is 17.7 Å². The third-order valence-corrected chi connectivity index (χ3v) is 10.7. The number of nitrogens with two attached hydrogens (primary N) is 1. The topological polar surface area (TPSA) is 208 Å². The van der Waals surface area contributed by atoms with Crippen molar-refractivity contribution in [3.8, 4) is 5.75 Å². The van der Waals surface area contributed by atoms with E-state index in [0.717, 1.165) is 32.1 Å². The van der Waals surface area contributed by atoms with Crippen LogP contribution < -0.4 is 15.8 Å². The first-order chi connectivity index (χ1) is 26.1. The highest BCUT2D eigenvalue weighted by molar-refractivity contribution is 6.41. The lowest BCUT2D eigenvalue weighted by Gasteiger charge is -2.37. The molecule has 0 bridgehead atoms. The van der Waals surface area contributed by atoms with Gasteiger partial charge in [-0.2, -0.15) is 8.78 Å². The summed E-state index contributed by atoms with van der Waals surface area (Å²) in [7, 11) is 0. The van der Waals surface area contributed by atoms with Crippen LogP contribution in [0.15, 0.2) is 47.6 Å². The van der Waals surface area contributed by atoms with Crippen LogP contribution in [0.2, 0.25) is 0 Å². The summed E-state index contributed by atoms with van der Waals surface area (Å²) in [4.78, 5) is 73.9. The number of hydrogen-bond acceptors (Lipinski definition) is 10. The molecule has 3 fully saturated rings. The predicted molar refractivity (Wildman–Crippen MR) is 193 cm³/mol. The lowest BCUT2D eigenvalue weighted by Crippen LogP contribution is -2.63. The Morgan fingerprint density at radius 1 is 1.07 bits per heavy atom. The highest BCUT2D eigenvalue weighted by Gasteiger charge is 2.49. The Morgan fingerprint density at radius 3 is 2.44 bits per heavy atom. The van der Waals surface area contributed by atoms with E-state index in [2.05, 4.69) is 25.4 Å². The second kappa shape index (κ2) is 16.3. The maximum atomic E-state index is 14.8. The number of aromatic nitrogens is 3. The number of nitrogens with one attached hydrogen (secondary N) is 1. The molecule has 4 N–H and O–H groups in total. The van der Waals surface area contributed by atoms with Crippen molar-refractivity contribution in [1.82, 2.24) is 25.2 Å². The van der Waals surface area contributed by atoms with E-state index in [4.69, 9.17) is 10.5 Å². The minimum absolute atomic E-state index is 0.00601. The van der Waals surface area contributed by atoms with E-state index in [-0.39, 0.29) is 68.4 Å². The zero-order chi connectivity index (χ0) is 39.5. The number of aliphatic hydroxyl groups is 1. The van der Waals surface area contributed by atoms with Crippen molar-refractivity contribution < 1.29 is 47.3 Å². The van der Waals surface area contributed by atoms with E-state index < -0.39 is 59.2 Å². The van der Waals surface area contributed by atoms with Crippen molar-refractivity contribution in [2.45, 2.75) is 101 Å². The molecular formula is C38H45F2N7O8. The van der Waals surface area contributed by atoms with Crippen molar-refractivity contribution in [3.63, 3.8) is 0 Å². The molecule has 17 heteroatoms. The largest absolute Gasteiger partial charge is 0.435 e. The van der Waals surface area contributed by atoms with E-state index in [1.807, 2.05) is 0 Å². The van der Waals surface area contributed by atoms with Gasteiger partial charge in [0, 0.05) is 44.6 Å². The third-order valence-electron chi connectivity index (χ3n) is 10.7. The lowest BCUT2D eigenvalue weighted by molar-refractivity contribution is -0.146. The maximum Gasteiger partial charge on any atom is 0.387 e. The molecule has 3 aliphatic rings. The quantitative estimate of drug-likeness (QED) is 0.181. The van der Waals surface area contributed by atoms with Gasteiger partial charge in [-0.1, -0.05) is 49.5 Å². The van der Waals surface area contributed by atoms with Crippen LogP contribution in [0.5, 0.6) is 5.75 Å². The van der Waals surface area contributed by atoms with E-state index in [9.17, 15) is 37.9 Å². The molecule has 2 aliphatic heterocycles. The average Bonchev–Trinajstić information content (AvgIpc) is 3.83. The Hall–Kier alpha value is -5.16. The van der Waals surface area contributed by atoms with Crippen LogP contribution in [0, 0.1) is 5.92 Å². The number of benzene rings is 2. The Balaban J connectivity index is 1.36. The van der Waals surface area contributed by atoms with Crippen molar-refractivity contribution >= 4 is 45.9 Å². The minimum atomic E-state index is -3.00. The first-order valence-electron chi connectivity index (χ1n) is 18.4. The number of likely N-dealkylation sites (tertiary alicyclic amines) is 1. The first-order valence-corrected chi connectivity index (χ1v) is 18.4. The number of Topliss-reactive ketones (excluding diaryl/α,β-unsaturated/α-hetero) is 1. The molecule has 2 atom stereocenters. The lowest BCUT2D eigenvalue weighted by atomic mass is 9.84. The number of alkyl halides is 2. The van der Waals surface area contributed by atoms with Crippen LogP contribution >= 0.6 is 0 Å². The molecule has 294 valence electrons. The van der Waals surface area contributed by atoms with Gasteiger partial charge in [0.1, 0.15) is 28.6 Å². The number of primary amides is 1. The highest BCUT2D eigenvalue weighted by atomic mass is 19.3. The third kappa shape index (κ3) is 8.88. The molecule has 3 heterocycles. The summed E-state index contributed by atoms with van der Waals surface area (Å²) in [6.45, 7) is 0.201. The maximum absolute atomic E-state index is 14.8. The predicted octanol–water partition coefficient (Wildman–Crippen LogP) is 3.37. The summed E-state index contributed by atoms with van der Waals surface area (Å²) in [6, 6.07) is 7.05. The van der Waals surface area contributed by atoms with E-state index in [0.29, 0.717) is 16.5 Å². The molecule has 0 unspecified atom stereocenters. The molecule has 0 radical (unpaired) electrons. The fourth-order valence-corrected chi connectivity index (χ4v) is 7.83. The van der Waals surface area contributed by atoms with Gasteiger partial charge < -0.3 is 30.5 Å². The van der Waals surface area contributed by atoms with E-state index >= 15 is 0 Å². The fraction of sp³-hybridized carbons (Fsp3) is 0.526. The number of nitrogens with zero attached hydrogens (tertiary/aromatic N) is 5. The number of amides is 4. The number of carbonyl (C=O) groups is 5. The first kappa shape index (κ1) is 39.5. The van der Waals surface area contributed by atoms with Crippen LogP contribution in [0.1, 0.15) is 93.7 Å². The summed E-state index contributed by atoms with van der Waals surface area (Å²) >= 11 is 0. The number of fused-ring (bicyclic) bond motifs is 1. The number of halogens is 2. The van der Waals surface area contributed by atoms with Crippen molar-refractivity contribution in [1.29, 1.82) is 0 Å². The Bertz CT molecular complexity index is 1980. The number of carbonyl (C=O) groups excluding carboxylic acids is 5. The molecule has 4 amide bonds. The number of hydrogen-bond donors (Lipinski definition) is 3. The molecule has 3 aromatic rings. The van der Waals surface area contributed by atoms with Crippen molar-refractivity contribution in [3.05, 3.63) is 53.9 Å². The van der Waals surface area contributed by atoms with E-state index in [1.165, 1.54) is 40.0 Å². The smallest absolute Gasteiger partial charge is 0.387 e. The molecule has 6 rings (SSSR count). The second-order valence-electron chi connectivity index (χ2n) is 15.0. The number of rotatable bonds is 12. The van der Waals surface area contributed by atoms with Crippen LogP contribution in [-0.4, -0.2) is 98.1 Å². The number of ether oxygens (including phenoxy) is 2. The Morgan fingerprint density at radius 2 is 1.76 bits per heavy atom. The summed E-state index contributed by atoms with van der Waals surface area (Å²) in [6.07, 6.45) is 6.12. The minimum Gasteiger partial charge on any atom is -0.435 e. The summed E-state index contributed by atoms with van der Waals surface area (Å²) in [5, 5.41) is 22.9. The van der Waals surface area contributed by atoms with Gasteiger partial charge in [-0.15, -0.1) is 5.10 Å². The summed E-state index contributed by atoms with van der Waals surface area (Å²) in [5.41, 5.74) is 2.83. The van der Waals surface area contributed by atoms with Crippen LogP contribution in [-0.2, 0) is 29.5 Å². The van der Waals surface area contributed by atoms with Gasteiger partial charge in [0.2, 0.25) is 11.7 Å². The zero-order valence-electron chi connectivity index (χ0n) is 30.7. The molecule has 2 aromatic carbocycles. The van der Waals surface area contributed by atoms with Gasteiger partial charge >= 0.3 is 6.61 Å². The van der Waals surface area contributed by atoms with Crippen LogP contribution in [0.4, 0.5) is 8.78 Å². The van der Waals surface area contributed by atoms with Crippen LogP contribution in [0.3, 0.4) is 0 Å². The average molecular weight is 766 g/mol. The summed E-state index contributed by atoms with van der Waals surface area (Å²) < 4.78 is 36.9. The number of ketones is 1. The Labute approximate surface area is 315 Å². The Kier molecular flexibility index (Phi) is 11.7. The molecule has 2 saturated heterocycles. The van der Waals surface area contributed by atoms with Gasteiger partial charge in [-0.05, 0) is 61.2 Å². The standard InChI is InChI=1S/C38H45F2N7O8/c1-37(2,53)30-20-42-45-47(30)26-19-29(34(51)44-38(31(48)32(41)49)12-14-54-15-13-38)46(21-26)35(52)28(16-22-6-4-3-5-7-22)43-33(50)25-9-8-24-18-27(55-36(39)40)11-10-23(24)17-25/h8-11,17-18,20,22,26,29,36,53H,3-7,12-16,19,21H2,1-2H3,(H2,41,49)(H,44,51)/t26-,29-/m0/s1. The van der Waals surface area contributed by atoms with Gasteiger partial charge in [-0.25, -0.2) is 9.67 Å². The molecule has 0 spiro atoms. The molecule has 1 saturated carbocycles.